The van der Waals surface area contributed by atoms with Gasteiger partial charge in [-0.05, 0) is 45.8 Å². The van der Waals surface area contributed by atoms with Crippen molar-refractivity contribution in [2.75, 3.05) is 18.4 Å². The second-order valence-electron chi connectivity index (χ2n) is 7.64. The monoisotopic (exact) mass is 435 g/mol. The van der Waals surface area contributed by atoms with Crippen molar-refractivity contribution in [3.05, 3.63) is 57.7 Å². The molecule has 1 saturated heterocycles. The van der Waals surface area contributed by atoms with E-state index in [1.165, 1.54) is 0 Å². The standard InChI is InChI=1S/C22H25N7OS/c1-14-11-15(2)26-22(25-14)28-21-20(23-8-9-24-21)17-5-4-10-29(12-17)19(30)7-6-18-13-31-16(3)27-18/h6-9,11,13,17H,4-5,10,12H2,1-3H3,(H,24,25,26,28)/b7-6+/t17-/m0/s1. The summed E-state index contributed by atoms with van der Waals surface area (Å²) < 4.78 is 0. The van der Waals surface area contributed by atoms with Gasteiger partial charge in [-0.25, -0.2) is 19.9 Å². The zero-order chi connectivity index (χ0) is 21.8. The highest BCUT2D eigenvalue weighted by Crippen LogP contribution is 2.30. The van der Waals surface area contributed by atoms with E-state index in [0.717, 1.165) is 47.2 Å². The van der Waals surface area contributed by atoms with Crippen LogP contribution in [-0.2, 0) is 4.79 Å². The van der Waals surface area contributed by atoms with Crippen molar-refractivity contribution in [2.24, 2.45) is 0 Å². The van der Waals surface area contributed by atoms with Crippen molar-refractivity contribution >= 4 is 35.1 Å². The Bertz CT molecular complexity index is 1090. The molecule has 1 amide bonds. The third-order valence-electron chi connectivity index (χ3n) is 5.09. The number of carbonyl (C=O) groups excluding carboxylic acids is 1. The summed E-state index contributed by atoms with van der Waals surface area (Å²) in [5, 5.41) is 6.16. The Morgan fingerprint density at radius 2 is 1.94 bits per heavy atom. The minimum atomic E-state index is -0.00797. The molecule has 0 saturated carbocycles. The number of nitrogens with zero attached hydrogens (tertiary/aromatic N) is 6. The maximum absolute atomic E-state index is 12.7. The van der Waals surface area contributed by atoms with Crippen LogP contribution in [0.5, 0.6) is 0 Å². The van der Waals surface area contributed by atoms with E-state index >= 15 is 0 Å². The first-order valence-corrected chi connectivity index (χ1v) is 11.2. The predicted molar refractivity (Wildman–Crippen MR) is 121 cm³/mol. The van der Waals surface area contributed by atoms with Crippen molar-refractivity contribution < 1.29 is 4.79 Å². The molecule has 9 heteroatoms. The van der Waals surface area contributed by atoms with E-state index in [0.29, 0.717) is 18.3 Å². The average molecular weight is 436 g/mol. The van der Waals surface area contributed by atoms with Crippen LogP contribution in [0.1, 0.15) is 46.5 Å². The van der Waals surface area contributed by atoms with Gasteiger partial charge in [-0.1, -0.05) is 0 Å². The Morgan fingerprint density at radius 3 is 2.68 bits per heavy atom. The first-order valence-electron chi connectivity index (χ1n) is 10.3. The van der Waals surface area contributed by atoms with Crippen LogP contribution in [0.4, 0.5) is 11.8 Å². The third-order valence-corrected chi connectivity index (χ3v) is 5.88. The number of aromatic nitrogens is 5. The summed E-state index contributed by atoms with van der Waals surface area (Å²) in [6.07, 6.45) is 8.58. The molecule has 4 heterocycles. The molecule has 1 fully saturated rings. The van der Waals surface area contributed by atoms with Crippen molar-refractivity contribution in [1.82, 2.24) is 29.8 Å². The molecule has 31 heavy (non-hydrogen) atoms. The Balaban J connectivity index is 1.49. The van der Waals surface area contributed by atoms with Gasteiger partial charge in [-0.3, -0.25) is 9.78 Å². The number of anilines is 2. The molecule has 0 bridgehead atoms. The highest BCUT2D eigenvalue weighted by atomic mass is 32.1. The van der Waals surface area contributed by atoms with E-state index in [9.17, 15) is 4.79 Å². The molecule has 0 spiro atoms. The lowest BCUT2D eigenvalue weighted by Crippen LogP contribution is -2.38. The Hall–Kier alpha value is -3.20. The van der Waals surface area contributed by atoms with Crippen LogP contribution >= 0.6 is 11.3 Å². The van der Waals surface area contributed by atoms with Crippen LogP contribution in [0.3, 0.4) is 0 Å². The van der Waals surface area contributed by atoms with Crippen LogP contribution < -0.4 is 5.32 Å². The molecule has 3 aromatic heterocycles. The number of hydrogen-bond acceptors (Lipinski definition) is 8. The summed E-state index contributed by atoms with van der Waals surface area (Å²) in [6.45, 7) is 7.15. The van der Waals surface area contributed by atoms with Crippen molar-refractivity contribution in [3.8, 4) is 0 Å². The smallest absolute Gasteiger partial charge is 0.246 e. The Labute approximate surface area is 185 Å². The lowest BCUT2D eigenvalue weighted by molar-refractivity contribution is -0.127. The number of amides is 1. The van der Waals surface area contributed by atoms with Crippen LogP contribution in [0, 0.1) is 20.8 Å². The van der Waals surface area contributed by atoms with Gasteiger partial charge >= 0.3 is 0 Å². The number of hydrogen-bond donors (Lipinski definition) is 1. The molecule has 1 aliphatic rings. The summed E-state index contributed by atoms with van der Waals surface area (Å²) in [7, 11) is 0. The van der Waals surface area contributed by atoms with E-state index in [2.05, 4.69) is 30.2 Å². The fraction of sp³-hybridized carbons (Fsp3) is 0.364. The molecule has 0 unspecified atom stereocenters. The predicted octanol–water partition coefficient (Wildman–Crippen LogP) is 3.81. The molecule has 4 rings (SSSR count). The van der Waals surface area contributed by atoms with Gasteiger partial charge in [0.25, 0.3) is 0 Å². The van der Waals surface area contributed by atoms with E-state index in [4.69, 9.17) is 0 Å². The van der Waals surface area contributed by atoms with Crippen molar-refractivity contribution in [1.29, 1.82) is 0 Å². The molecule has 160 valence electrons. The number of thiazole rings is 1. The molecule has 3 aromatic rings. The van der Waals surface area contributed by atoms with Gasteiger partial charge in [0.05, 0.1) is 16.4 Å². The van der Waals surface area contributed by atoms with Crippen molar-refractivity contribution in [3.63, 3.8) is 0 Å². The summed E-state index contributed by atoms with van der Waals surface area (Å²) >= 11 is 1.57. The first-order chi connectivity index (χ1) is 15.0. The van der Waals surface area contributed by atoms with Crippen LogP contribution in [-0.4, -0.2) is 48.8 Å². The number of likely N-dealkylation sites (tertiary alicyclic amines) is 1. The van der Waals surface area contributed by atoms with E-state index < -0.39 is 0 Å². The first kappa shape index (κ1) is 21.0. The SMILES string of the molecule is Cc1cc(C)nc(Nc2nccnc2[C@H]2CCCN(C(=O)/C=C/c3csc(C)n3)C2)n1. The van der Waals surface area contributed by atoms with E-state index in [1.54, 1.807) is 35.9 Å². The maximum Gasteiger partial charge on any atom is 0.246 e. The van der Waals surface area contributed by atoms with Gasteiger partial charge in [0, 0.05) is 54.2 Å². The number of aryl methyl sites for hydroxylation is 3. The van der Waals surface area contributed by atoms with Crippen LogP contribution in [0.25, 0.3) is 6.08 Å². The zero-order valence-electron chi connectivity index (χ0n) is 17.9. The van der Waals surface area contributed by atoms with Crippen molar-refractivity contribution in [2.45, 2.75) is 39.5 Å². The maximum atomic E-state index is 12.7. The summed E-state index contributed by atoms with van der Waals surface area (Å²) in [6, 6.07) is 1.92. The van der Waals surface area contributed by atoms with Gasteiger partial charge < -0.3 is 10.2 Å². The van der Waals surface area contributed by atoms with Gasteiger partial charge in [0.15, 0.2) is 5.82 Å². The summed E-state index contributed by atoms with van der Waals surface area (Å²) in [4.78, 5) is 37.0. The molecule has 1 aliphatic heterocycles. The molecule has 1 N–H and O–H groups in total. The minimum absolute atomic E-state index is 0.00797. The van der Waals surface area contributed by atoms with Crippen LogP contribution in [0.15, 0.2) is 29.9 Å². The lowest BCUT2D eigenvalue weighted by Gasteiger charge is -2.32. The number of carbonyl (C=O) groups is 1. The topological polar surface area (TPSA) is 96.8 Å². The second kappa shape index (κ2) is 9.30. The quantitative estimate of drug-likeness (QED) is 0.609. The van der Waals surface area contributed by atoms with E-state index in [-0.39, 0.29) is 11.8 Å². The molecule has 0 aromatic carbocycles. The largest absolute Gasteiger partial charge is 0.338 e. The fourth-order valence-corrected chi connectivity index (χ4v) is 4.33. The Kier molecular flexibility index (Phi) is 6.31. The molecular weight excluding hydrogens is 410 g/mol. The van der Waals surface area contributed by atoms with Gasteiger partial charge in [-0.2, -0.15) is 0 Å². The molecule has 8 nitrogen and oxygen atoms in total. The fourth-order valence-electron chi connectivity index (χ4n) is 3.75. The van der Waals surface area contributed by atoms with Gasteiger partial charge in [0.2, 0.25) is 11.9 Å². The average Bonchev–Trinajstić information content (AvgIpc) is 3.17. The molecule has 0 aliphatic carbocycles. The summed E-state index contributed by atoms with van der Waals surface area (Å²) in [5.41, 5.74) is 3.43. The number of nitrogens with one attached hydrogen (secondary N) is 1. The number of piperidine rings is 1. The second-order valence-corrected chi connectivity index (χ2v) is 8.70. The normalized spacial score (nSPS) is 16.6. The summed E-state index contributed by atoms with van der Waals surface area (Å²) in [5.74, 6) is 1.23. The minimum Gasteiger partial charge on any atom is -0.338 e. The molecule has 0 radical (unpaired) electrons. The number of rotatable bonds is 5. The molecular formula is C22H25N7OS. The highest BCUT2D eigenvalue weighted by molar-refractivity contribution is 7.09. The lowest BCUT2D eigenvalue weighted by atomic mass is 9.94. The Morgan fingerprint density at radius 1 is 1.16 bits per heavy atom. The van der Waals surface area contributed by atoms with Crippen LogP contribution in [0.2, 0.25) is 0 Å². The van der Waals surface area contributed by atoms with Gasteiger partial charge in [0.1, 0.15) is 0 Å². The highest BCUT2D eigenvalue weighted by Gasteiger charge is 2.27. The molecule has 1 atom stereocenters. The van der Waals surface area contributed by atoms with E-state index in [1.807, 2.05) is 37.1 Å². The third kappa shape index (κ3) is 5.29. The zero-order valence-corrected chi connectivity index (χ0v) is 18.7. The van der Waals surface area contributed by atoms with Gasteiger partial charge in [-0.15, -0.1) is 11.3 Å².